The fourth-order valence-electron chi connectivity index (χ4n) is 3.67. The largest absolute Gasteiger partial charge is 0.318 e. The molecular formula is C20H26N4O4. The molecule has 2 aliphatic rings. The zero-order valence-corrected chi connectivity index (χ0v) is 16.7. The van der Waals surface area contributed by atoms with Crippen LogP contribution in [0.2, 0.25) is 0 Å². The van der Waals surface area contributed by atoms with Crippen molar-refractivity contribution < 1.29 is 19.2 Å². The van der Waals surface area contributed by atoms with Crippen molar-refractivity contribution in [3.05, 3.63) is 34.9 Å². The molecule has 1 aromatic carbocycles. The molecule has 28 heavy (non-hydrogen) atoms. The summed E-state index contributed by atoms with van der Waals surface area (Å²) in [5, 5.41) is 5.37. The van der Waals surface area contributed by atoms with Crippen LogP contribution in [0.4, 0.5) is 0 Å². The number of carbonyl (C=O) groups excluding carboxylic acids is 4. The third-order valence-corrected chi connectivity index (χ3v) is 5.57. The van der Waals surface area contributed by atoms with Gasteiger partial charge in [-0.25, -0.2) is 0 Å². The number of hydrogen-bond donors (Lipinski definition) is 2. The molecule has 0 aromatic heterocycles. The van der Waals surface area contributed by atoms with E-state index in [2.05, 4.69) is 29.4 Å². The van der Waals surface area contributed by atoms with Gasteiger partial charge >= 0.3 is 0 Å². The van der Waals surface area contributed by atoms with E-state index in [9.17, 15) is 19.2 Å². The quantitative estimate of drug-likeness (QED) is 0.692. The number of piperidine rings is 1. The van der Waals surface area contributed by atoms with Gasteiger partial charge < -0.3 is 5.32 Å². The first-order valence-corrected chi connectivity index (χ1v) is 9.36. The SMILES string of the molecule is CNCC(C)(C)N(C)Cc1ccc2c(c1)C(=O)N(C1CCC(=O)NC1=O)C2=O. The summed E-state index contributed by atoms with van der Waals surface area (Å²) in [6.45, 7) is 5.66. The molecule has 1 atom stereocenters. The Morgan fingerprint density at radius 3 is 2.50 bits per heavy atom. The number of fused-ring (bicyclic) bond motifs is 1. The topological polar surface area (TPSA) is 98.8 Å². The summed E-state index contributed by atoms with van der Waals surface area (Å²) in [4.78, 5) is 52.3. The van der Waals surface area contributed by atoms with Gasteiger partial charge in [0.15, 0.2) is 0 Å². The predicted molar refractivity (Wildman–Crippen MR) is 103 cm³/mol. The zero-order valence-electron chi connectivity index (χ0n) is 16.7. The molecule has 4 amide bonds. The lowest BCUT2D eigenvalue weighted by atomic mass is 10.0. The van der Waals surface area contributed by atoms with Gasteiger partial charge in [-0.15, -0.1) is 0 Å². The molecule has 0 aliphatic carbocycles. The first-order chi connectivity index (χ1) is 13.2. The fraction of sp³-hybridized carbons (Fsp3) is 0.500. The summed E-state index contributed by atoms with van der Waals surface area (Å²) in [6.07, 6.45) is 0.268. The Labute approximate surface area is 164 Å². The highest BCUT2D eigenvalue weighted by molar-refractivity contribution is 6.23. The van der Waals surface area contributed by atoms with Crippen LogP contribution in [-0.4, -0.2) is 65.6 Å². The molecule has 1 unspecified atom stereocenters. The second kappa shape index (κ2) is 7.44. The minimum atomic E-state index is -0.939. The van der Waals surface area contributed by atoms with Crippen LogP contribution in [0.1, 0.15) is 53.0 Å². The van der Waals surface area contributed by atoms with Gasteiger partial charge in [0.25, 0.3) is 11.8 Å². The lowest BCUT2D eigenvalue weighted by Gasteiger charge is -2.35. The molecule has 0 bridgehead atoms. The highest BCUT2D eigenvalue weighted by Gasteiger charge is 2.44. The summed E-state index contributed by atoms with van der Waals surface area (Å²) in [6, 6.07) is 4.28. The minimum absolute atomic E-state index is 0.0909. The molecule has 1 aromatic rings. The maximum Gasteiger partial charge on any atom is 0.262 e. The van der Waals surface area contributed by atoms with Crippen molar-refractivity contribution in [2.24, 2.45) is 0 Å². The Hall–Kier alpha value is -2.58. The second-order valence-electron chi connectivity index (χ2n) is 8.03. The summed E-state index contributed by atoms with van der Waals surface area (Å²) >= 11 is 0. The smallest absolute Gasteiger partial charge is 0.262 e. The van der Waals surface area contributed by atoms with Crippen molar-refractivity contribution in [2.75, 3.05) is 20.6 Å². The molecule has 1 saturated heterocycles. The Bertz CT molecular complexity index is 849. The number of amides is 4. The maximum atomic E-state index is 12.9. The van der Waals surface area contributed by atoms with Crippen LogP contribution < -0.4 is 10.6 Å². The van der Waals surface area contributed by atoms with Crippen molar-refractivity contribution in [3.63, 3.8) is 0 Å². The zero-order chi connectivity index (χ0) is 20.6. The number of nitrogens with zero attached hydrogens (tertiary/aromatic N) is 2. The Kier molecular flexibility index (Phi) is 5.36. The van der Waals surface area contributed by atoms with E-state index < -0.39 is 23.8 Å². The number of hydrogen-bond acceptors (Lipinski definition) is 6. The predicted octanol–water partition coefficient (Wildman–Crippen LogP) is 0.518. The lowest BCUT2D eigenvalue weighted by molar-refractivity contribution is -0.136. The molecule has 0 radical (unpaired) electrons. The average molecular weight is 386 g/mol. The van der Waals surface area contributed by atoms with Gasteiger partial charge in [-0.2, -0.15) is 0 Å². The highest BCUT2D eigenvalue weighted by Crippen LogP contribution is 2.29. The van der Waals surface area contributed by atoms with Crippen LogP contribution in [0.15, 0.2) is 18.2 Å². The first-order valence-electron chi connectivity index (χ1n) is 9.36. The van der Waals surface area contributed by atoms with E-state index >= 15 is 0 Å². The van der Waals surface area contributed by atoms with E-state index in [4.69, 9.17) is 0 Å². The molecule has 2 N–H and O–H groups in total. The fourth-order valence-corrected chi connectivity index (χ4v) is 3.67. The molecular weight excluding hydrogens is 360 g/mol. The molecule has 2 aliphatic heterocycles. The van der Waals surface area contributed by atoms with E-state index in [1.165, 1.54) is 0 Å². The Morgan fingerprint density at radius 1 is 1.18 bits per heavy atom. The maximum absolute atomic E-state index is 12.9. The van der Waals surface area contributed by atoms with Gasteiger partial charge in [-0.3, -0.25) is 34.3 Å². The molecule has 0 saturated carbocycles. The van der Waals surface area contributed by atoms with Crippen LogP contribution in [0.3, 0.4) is 0 Å². The van der Waals surface area contributed by atoms with Crippen LogP contribution in [0, 0.1) is 0 Å². The van der Waals surface area contributed by atoms with Gasteiger partial charge in [0, 0.05) is 25.0 Å². The molecule has 2 heterocycles. The van der Waals surface area contributed by atoms with Gasteiger partial charge in [-0.05, 0) is 52.1 Å². The third kappa shape index (κ3) is 3.57. The van der Waals surface area contributed by atoms with Crippen LogP contribution >= 0.6 is 0 Å². The number of benzene rings is 1. The normalized spacial score (nSPS) is 20.0. The average Bonchev–Trinajstić information content (AvgIpc) is 2.86. The third-order valence-electron chi connectivity index (χ3n) is 5.57. The van der Waals surface area contributed by atoms with Crippen molar-refractivity contribution in [3.8, 4) is 0 Å². The monoisotopic (exact) mass is 386 g/mol. The minimum Gasteiger partial charge on any atom is -0.318 e. The summed E-state index contributed by atoms with van der Waals surface area (Å²) in [5.74, 6) is -1.94. The second-order valence-corrected chi connectivity index (χ2v) is 8.03. The van der Waals surface area contributed by atoms with E-state index in [0.717, 1.165) is 17.0 Å². The van der Waals surface area contributed by atoms with E-state index in [1.54, 1.807) is 12.1 Å². The van der Waals surface area contributed by atoms with E-state index in [1.807, 2.05) is 20.2 Å². The molecule has 8 heteroatoms. The van der Waals surface area contributed by atoms with Gasteiger partial charge in [0.2, 0.25) is 11.8 Å². The van der Waals surface area contributed by atoms with Gasteiger partial charge in [0.05, 0.1) is 11.1 Å². The Morgan fingerprint density at radius 2 is 1.86 bits per heavy atom. The molecule has 3 rings (SSSR count). The number of carbonyl (C=O) groups is 4. The first kappa shape index (κ1) is 20.2. The van der Waals surface area contributed by atoms with Crippen LogP contribution in [0.25, 0.3) is 0 Å². The van der Waals surface area contributed by atoms with Gasteiger partial charge in [0.1, 0.15) is 6.04 Å². The number of nitrogens with one attached hydrogen (secondary N) is 2. The number of imide groups is 2. The van der Waals surface area contributed by atoms with Crippen LogP contribution in [-0.2, 0) is 16.1 Å². The highest BCUT2D eigenvalue weighted by atomic mass is 16.2. The Balaban J connectivity index is 1.82. The van der Waals surface area contributed by atoms with Crippen LogP contribution in [0.5, 0.6) is 0 Å². The van der Waals surface area contributed by atoms with Gasteiger partial charge in [-0.1, -0.05) is 6.07 Å². The van der Waals surface area contributed by atoms with Crippen molar-refractivity contribution in [1.29, 1.82) is 0 Å². The number of likely N-dealkylation sites (N-methyl/N-ethyl adjacent to an activating group) is 2. The van der Waals surface area contributed by atoms with Crippen molar-refractivity contribution >= 4 is 23.6 Å². The number of rotatable bonds is 6. The lowest BCUT2D eigenvalue weighted by Crippen LogP contribution is -2.54. The summed E-state index contributed by atoms with van der Waals surface area (Å²) in [5.41, 5.74) is 1.44. The summed E-state index contributed by atoms with van der Waals surface area (Å²) < 4.78 is 0. The molecule has 0 spiro atoms. The van der Waals surface area contributed by atoms with Crippen molar-refractivity contribution in [1.82, 2.24) is 20.4 Å². The molecule has 8 nitrogen and oxygen atoms in total. The van der Waals surface area contributed by atoms with Crippen molar-refractivity contribution in [2.45, 2.75) is 44.8 Å². The summed E-state index contributed by atoms with van der Waals surface area (Å²) in [7, 11) is 3.91. The molecule has 150 valence electrons. The molecule has 1 fully saturated rings. The van der Waals surface area contributed by atoms with E-state index in [-0.39, 0.29) is 24.3 Å². The standard InChI is InChI=1S/C20H26N4O4/c1-20(2,11-21-3)23(4)10-12-5-6-13-14(9-12)19(28)24(18(13)27)15-7-8-16(25)22-17(15)26/h5-6,9,15,21H,7-8,10-11H2,1-4H3,(H,22,25,26). The van der Waals surface area contributed by atoms with E-state index in [0.29, 0.717) is 17.7 Å².